The standard InChI is InChI=1S/C32H36O3Si/c1-34-24-35-23-26-15-13-25(14-16-26)17-20-31(36(2,3)30-11-5-4-6-12-30)22-32(33)29-19-18-27-9-7-8-10-28(27)21-29/h4-21,31-33H,22-24H2,1-3H3/b20-17+/t31-,32-/m0/s1. The van der Waals surface area contributed by atoms with Crippen LogP contribution in [0.15, 0.2) is 103 Å². The van der Waals surface area contributed by atoms with Crippen molar-refractivity contribution in [1.29, 1.82) is 0 Å². The van der Waals surface area contributed by atoms with Gasteiger partial charge in [0, 0.05) is 7.11 Å². The molecule has 4 aromatic carbocycles. The third kappa shape index (κ3) is 6.59. The first-order valence-electron chi connectivity index (χ1n) is 12.5. The van der Waals surface area contributed by atoms with Crippen molar-refractivity contribution < 1.29 is 14.6 Å². The van der Waals surface area contributed by atoms with Crippen molar-refractivity contribution in [3.05, 3.63) is 120 Å². The Bertz CT molecular complexity index is 1270. The minimum Gasteiger partial charge on any atom is -0.388 e. The lowest BCUT2D eigenvalue weighted by Gasteiger charge is -2.33. The lowest BCUT2D eigenvalue weighted by atomic mass is 10.00. The second kappa shape index (κ2) is 12.3. The van der Waals surface area contributed by atoms with Crippen LogP contribution in [0.2, 0.25) is 18.6 Å². The lowest BCUT2D eigenvalue weighted by molar-refractivity contribution is -0.0390. The first-order chi connectivity index (χ1) is 17.5. The van der Waals surface area contributed by atoms with Crippen molar-refractivity contribution in [3.8, 4) is 0 Å². The molecule has 0 aliphatic carbocycles. The molecule has 2 atom stereocenters. The highest BCUT2D eigenvalue weighted by Crippen LogP contribution is 2.35. The quantitative estimate of drug-likeness (QED) is 0.137. The summed E-state index contributed by atoms with van der Waals surface area (Å²) in [5, 5.41) is 15.1. The Balaban J connectivity index is 1.57. The number of rotatable bonds is 11. The number of allylic oxidation sites excluding steroid dienone is 1. The Hall–Kier alpha value is -3.02. The molecule has 0 aliphatic heterocycles. The van der Waals surface area contributed by atoms with Gasteiger partial charge >= 0.3 is 0 Å². The molecule has 0 saturated heterocycles. The van der Waals surface area contributed by atoms with Crippen LogP contribution in [0.4, 0.5) is 0 Å². The number of methoxy groups -OCH3 is 1. The van der Waals surface area contributed by atoms with Gasteiger partial charge in [-0.05, 0) is 45.5 Å². The molecule has 0 aliphatic rings. The van der Waals surface area contributed by atoms with E-state index in [4.69, 9.17) is 9.47 Å². The van der Waals surface area contributed by atoms with E-state index in [0.717, 1.165) is 22.1 Å². The highest BCUT2D eigenvalue weighted by molar-refractivity contribution is 6.91. The number of hydrogen-bond acceptors (Lipinski definition) is 3. The fourth-order valence-corrected chi connectivity index (χ4v) is 7.55. The normalized spacial score (nSPS) is 13.8. The number of aliphatic hydroxyl groups is 1. The average Bonchev–Trinajstić information content (AvgIpc) is 2.92. The lowest BCUT2D eigenvalue weighted by Crippen LogP contribution is -2.45. The number of fused-ring (bicyclic) bond motifs is 1. The van der Waals surface area contributed by atoms with E-state index >= 15 is 0 Å². The van der Waals surface area contributed by atoms with Gasteiger partial charge in [0.1, 0.15) is 6.79 Å². The van der Waals surface area contributed by atoms with Crippen LogP contribution >= 0.6 is 0 Å². The fraction of sp³-hybridized carbons (Fsp3) is 0.250. The smallest absolute Gasteiger partial charge is 0.146 e. The van der Waals surface area contributed by atoms with Crippen LogP contribution in [0.25, 0.3) is 16.8 Å². The maximum Gasteiger partial charge on any atom is 0.146 e. The fourth-order valence-electron chi connectivity index (χ4n) is 4.68. The van der Waals surface area contributed by atoms with Gasteiger partial charge in [0.15, 0.2) is 0 Å². The minimum atomic E-state index is -1.93. The molecule has 0 amide bonds. The summed E-state index contributed by atoms with van der Waals surface area (Å²) in [6, 6.07) is 33.8. The predicted molar refractivity (Wildman–Crippen MR) is 153 cm³/mol. The van der Waals surface area contributed by atoms with Crippen LogP contribution in [0.5, 0.6) is 0 Å². The molecule has 0 unspecified atom stereocenters. The van der Waals surface area contributed by atoms with Crippen LogP contribution in [0.3, 0.4) is 0 Å². The molecular formula is C32H36O3Si. The van der Waals surface area contributed by atoms with Gasteiger partial charge in [-0.3, -0.25) is 0 Å². The maximum absolute atomic E-state index is 11.4. The van der Waals surface area contributed by atoms with Crippen molar-refractivity contribution in [2.45, 2.75) is 37.8 Å². The third-order valence-electron chi connectivity index (χ3n) is 7.05. The zero-order chi connectivity index (χ0) is 25.4. The molecule has 4 rings (SSSR count). The SMILES string of the molecule is COCOCc1ccc(/C=C/[C@@H](C[C@H](O)c2ccc3ccccc3c2)[Si](C)(C)c2ccccc2)cc1. The van der Waals surface area contributed by atoms with Gasteiger partial charge in [-0.25, -0.2) is 0 Å². The van der Waals surface area contributed by atoms with E-state index in [1.54, 1.807) is 7.11 Å². The van der Waals surface area contributed by atoms with Crippen molar-refractivity contribution in [3.63, 3.8) is 0 Å². The zero-order valence-electron chi connectivity index (χ0n) is 21.4. The highest BCUT2D eigenvalue weighted by Gasteiger charge is 2.33. The molecule has 0 radical (unpaired) electrons. The minimum absolute atomic E-state index is 0.256. The molecule has 0 fully saturated rings. The Morgan fingerprint density at radius 1 is 0.833 bits per heavy atom. The molecule has 186 valence electrons. The number of ether oxygens (including phenoxy) is 2. The topological polar surface area (TPSA) is 38.7 Å². The monoisotopic (exact) mass is 496 g/mol. The van der Waals surface area contributed by atoms with Gasteiger partial charge in [-0.15, -0.1) is 0 Å². The van der Waals surface area contributed by atoms with Crippen molar-refractivity contribution >= 4 is 30.1 Å². The Labute approximate surface area is 216 Å². The molecule has 36 heavy (non-hydrogen) atoms. The van der Waals surface area contributed by atoms with Crippen LogP contribution in [0.1, 0.15) is 29.2 Å². The first-order valence-corrected chi connectivity index (χ1v) is 15.6. The van der Waals surface area contributed by atoms with Gasteiger partial charge in [-0.2, -0.15) is 0 Å². The van der Waals surface area contributed by atoms with Gasteiger partial charge in [-0.1, -0.05) is 121 Å². The molecule has 0 bridgehead atoms. The summed E-state index contributed by atoms with van der Waals surface area (Å²) in [5.74, 6) is 0. The Morgan fingerprint density at radius 3 is 2.25 bits per heavy atom. The van der Waals surface area contributed by atoms with Crippen LogP contribution in [-0.2, 0) is 16.1 Å². The first kappa shape index (κ1) is 26.1. The van der Waals surface area contributed by atoms with E-state index in [9.17, 15) is 5.11 Å². The van der Waals surface area contributed by atoms with Gasteiger partial charge in [0.05, 0.1) is 20.8 Å². The summed E-state index contributed by atoms with van der Waals surface area (Å²) in [7, 11) is -0.299. The van der Waals surface area contributed by atoms with Gasteiger partial charge in [0.25, 0.3) is 0 Å². The second-order valence-corrected chi connectivity index (χ2v) is 14.7. The number of hydrogen-bond donors (Lipinski definition) is 1. The average molecular weight is 497 g/mol. The molecule has 0 saturated carbocycles. The summed E-state index contributed by atoms with van der Waals surface area (Å²) in [6.07, 6.45) is 4.68. The van der Waals surface area contributed by atoms with E-state index < -0.39 is 14.2 Å². The third-order valence-corrected chi connectivity index (χ3v) is 11.2. The van der Waals surface area contributed by atoms with E-state index in [1.807, 2.05) is 12.1 Å². The summed E-state index contributed by atoms with van der Waals surface area (Å²) in [6.45, 7) is 5.63. The van der Waals surface area contributed by atoms with Crippen molar-refractivity contribution in [1.82, 2.24) is 0 Å². The summed E-state index contributed by atoms with van der Waals surface area (Å²) in [5.41, 5.74) is 3.50. The van der Waals surface area contributed by atoms with Crippen LogP contribution in [-0.4, -0.2) is 27.1 Å². The highest BCUT2D eigenvalue weighted by atomic mass is 28.3. The molecule has 0 aromatic heterocycles. The van der Waals surface area contributed by atoms with Crippen LogP contribution < -0.4 is 5.19 Å². The van der Waals surface area contributed by atoms with Crippen molar-refractivity contribution in [2.24, 2.45) is 0 Å². The predicted octanol–water partition coefficient (Wildman–Crippen LogP) is 7.08. The number of benzene rings is 4. The molecule has 0 spiro atoms. The molecular weight excluding hydrogens is 460 g/mol. The van der Waals surface area contributed by atoms with Gasteiger partial charge < -0.3 is 14.6 Å². The Kier molecular flexibility index (Phi) is 8.89. The zero-order valence-corrected chi connectivity index (χ0v) is 22.4. The van der Waals surface area contributed by atoms with E-state index in [0.29, 0.717) is 19.8 Å². The van der Waals surface area contributed by atoms with E-state index in [-0.39, 0.29) is 5.54 Å². The molecule has 4 aromatic rings. The maximum atomic E-state index is 11.4. The summed E-state index contributed by atoms with van der Waals surface area (Å²) in [4.78, 5) is 0. The summed E-state index contributed by atoms with van der Waals surface area (Å²) < 4.78 is 10.4. The van der Waals surface area contributed by atoms with Crippen LogP contribution in [0, 0.1) is 0 Å². The van der Waals surface area contributed by atoms with Gasteiger partial charge in [0.2, 0.25) is 0 Å². The van der Waals surface area contributed by atoms with Crippen molar-refractivity contribution in [2.75, 3.05) is 13.9 Å². The Morgan fingerprint density at radius 2 is 1.53 bits per heavy atom. The molecule has 4 heteroatoms. The van der Waals surface area contributed by atoms with E-state index in [2.05, 4.69) is 110 Å². The largest absolute Gasteiger partial charge is 0.388 e. The summed E-state index contributed by atoms with van der Waals surface area (Å²) >= 11 is 0. The van der Waals surface area contributed by atoms with E-state index in [1.165, 1.54) is 10.6 Å². The number of aliphatic hydroxyl groups excluding tert-OH is 1. The molecule has 0 heterocycles. The second-order valence-electron chi connectivity index (χ2n) is 9.91. The molecule has 1 N–H and O–H groups in total. The molecule has 3 nitrogen and oxygen atoms in total.